The SMILES string of the molecule is CCNC(=O)[C@H](C)N(Cc1ccc(Cl)c(Cl)c1)C(=O)CN(c1cccc(OC)c1)S(C)(=O)=O. The number of hydrogen-bond donors (Lipinski definition) is 1. The number of amides is 2. The number of sulfonamides is 1. The normalized spacial score (nSPS) is 12.1. The molecule has 2 amide bonds. The summed E-state index contributed by atoms with van der Waals surface area (Å²) < 4.78 is 31.2. The maximum absolute atomic E-state index is 13.4. The van der Waals surface area contributed by atoms with Gasteiger partial charge in [0.1, 0.15) is 18.3 Å². The number of ether oxygens (including phenoxy) is 1. The van der Waals surface area contributed by atoms with Crippen LogP contribution in [-0.4, -0.2) is 57.6 Å². The number of methoxy groups -OCH3 is 1. The number of carbonyl (C=O) groups is 2. The molecule has 0 spiro atoms. The fraction of sp³-hybridized carbons (Fsp3) is 0.364. The van der Waals surface area contributed by atoms with Crippen LogP contribution in [0.2, 0.25) is 10.0 Å². The van der Waals surface area contributed by atoms with Crippen molar-refractivity contribution >= 4 is 50.7 Å². The first kappa shape index (κ1) is 26.8. The van der Waals surface area contributed by atoms with Gasteiger partial charge in [0, 0.05) is 19.2 Å². The summed E-state index contributed by atoms with van der Waals surface area (Å²) in [4.78, 5) is 27.2. The van der Waals surface area contributed by atoms with Crippen LogP contribution in [0.1, 0.15) is 19.4 Å². The van der Waals surface area contributed by atoms with Gasteiger partial charge in [0.25, 0.3) is 0 Å². The van der Waals surface area contributed by atoms with Crippen molar-refractivity contribution in [2.75, 3.05) is 30.8 Å². The number of halogens is 2. The Morgan fingerprint density at radius 3 is 2.39 bits per heavy atom. The van der Waals surface area contributed by atoms with Gasteiger partial charge in [-0.25, -0.2) is 8.42 Å². The van der Waals surface area contributed by atoms with Crippen molar-refractivity contribution in [3.05, 3.63) is 58.1 Å². The van der Waals surface area contributed by atoms with Gasteiger partial charge in [-0.05, 0) is 43.7 Å². The van der Waals surface area contributed by atoms with Crippen molar-refractivity contribution in [1.82, 2.24) is 10.2 Å². The molecular formula is C22H27Cl2N3O5S. The molecule has 180 valence electrons. The molecule has 0 unspecified atom stereocenters. The molecule has 0 aliphatic heterocycles. The van der Waals surface area contributed by atoms with E-state index in [9.17, 15) is 18.0 Å². The molecule has 0 aliphatic carbocycles. The summed E-state index contributed by atoms with van der Waals surface area (Å²) in [5, 5.41) is 3.35. The molecule has 0 saturated heterocycles. The monoisotopic (exact) mass is 515 g/mol. The lowest BCUT2D eigenvalue weighted by Crippen LogP contribution is -2.51. The highest BCUT2D eigenvalue weighted by Gasteiger charge is 2.30. The van der Waals surface area contributed by atoms with Crippen molar-refractivity contribution in [3.63, 3.8) is 0 Å². The third-order valence-electron chi connectivity index (χ3n) is 4.88. The molecule has 0 radical (unpaired) electrons. The lowest BCUT2D eigenvalue weighted by molar-refractivity contribution is -0.139. The van der Waals surface area contributed by atoms with Gasteiger partial charge in [-0.2, -0.15) is 0 Å². The van der Waals surface area contributed by atoms with E-state index in [-0.39, 0.29) is 18.1 Å². The van der Waals surface area contributed by atoms with Crippen molar-refractivity contribution < 1.29 is 22.7 Å². The molecule has 0 aromatic heterocycles. The summed E-state index contributed by atoms with van der Waals surface area (Å²) in [5.41, 5.74) is 0.909. The molecule has 2 aromatic rings. The largest absolute Gasteiger partial charge is 0.497 e. The summed E-state index contributed by atoms with van der Waals surface area (Å²) in [5.74, 6) is -0.483. The topological polar surface area (TPSA) is 96.0 Å². The molecule has 1 N–H and O–H groups in total. The highest BCUT2D eigenvalue weighted by molar-refractivity contribution is 7.92. The first-order chi connectivity index (χ1) is 15.5. The molecule has 0 aliphatic rings. The molecule has 8 nitrogen and oxygen atoms in total. The number of rotatable bonds is 10. The lowest BCUT2D eigenvalue weighted by Gasteiger charge is -2.31. The first-order valence-electron chi connectivity index (χ1n) is 10.1. The summed E-state index contributed by atoms with van der Waals surface area (Å²) in [7, 11) is -2.36. The Bertz CT molecular complexity index is 1110. The number of anilines is 1. The smallest absolute Gasteiger partial charge is 0.244 e. The van der Waals surface area contributed by atoms with Crippen molar-refractivity contribution in [1.29, 1.82) is 0 Å². The summed E-state index contributed by atoms with van der Waals surface area (Å²) >= 11 is 12.1. The van der Waals surface area contributed by atoms with Crippen LogP contribution in [0.25, 0.3) is 0 Å². The van der Waals surface area contributed by atoms with E-state index in [1.54, 1.807) is 50.2 Å². The van der Waals surface area contributed by atoms with Crippen LogP contribution >= 0.6 is 23.2 Å². The Hall–Kier alpha value is -2.49. The molecule has 11 heteroatoms. The molecule has 2 aromatic carbocycles. The highest BCUT2D eigenvalue weighted by atomic mass is 35.5. The molecule has 0 fully saturated rings. The van der Waals surface area contributed by atoms with Crippen LogP contribution < -0.4 is 14.4 Å². The number of nitrogens with one attached hydrogen (secondary N) is 1. The van der Waals surface area contributed by atoms with Gasteiger partial charge in [0.2, 0.25) is 21.8 Å². The predicted octanol–water partition coefficient (Wildman–Crippen LogP) is 3.32. The number of carbonyl (C=O) groups excluding carboxylic acids is 2. The minimum absolute atomic E-state index is 0.0315. The second kappa shape index (κ2) is 11.6. The van der Waals surface area contributed by atoms with E-state index in [0.717, 1.165) is 10.6 Å². The first-order valence-corrected chi connectivity index (χ1v) is 12.7. The molecule has 1 atom stereocenters. The van der Waals surface area contributed by atoms with Crippen LogP contribution in [0.4, 0.5) is 5.69 Å². The zero-order valence-electron chi connectivity index (χ0n) is 18.8. The number of benzene rings is 2. The van der Waals surface area contributed by atoms with Crippen LogP contribution in [-0.2, 0) is 26.2 Å². The van der Waals surface area contributed by atoms with Gasteiger partial charge >= 0.3 is 0 Å². The molecular weight excluding hydrogens is 489 g/mol. The standard InChI is InChI=1S/C22H27Cl2N3O5S/c1-5-25-22(29)15(2)26(13-16-9-10-19(23)20(24)11-16)21(28)14-27(33(4,30)31)17-7-6-8-18(12-17)32-3/h6-12,15H,5,13-14H2,1-4H3,(H,25,29)/t15-/m0/s1. The third kappa shape index (κ3) is 7.25. The van der Waals surface area contributed by atoms with Crippen LogP contribution in [0.15, 0.2) is 42.5 Å². The number of nitrogens with zero attached hydrogens (tertiary/aromatic N) is 2. The summed E-state index contributed by atoms with van der Waals surface area (Å²) in [6.45, 7) is 3.26. The van der Waals surface area contributed by atoms with Crippen LogP contribution in [0.3, 0.4) is 0 Å². The average Bonchev–Trinajstić information content (AvgIpc) is 2.76. The molecule has 0 saturated carbocycles. The van der Waals surface area contributed by atoms with E-state index in [0.29, 0.717) is 27.9 Å². The Kier molecular flexibility index (Phi) is 9.39. The van der Waals surface area contributed by atoms with Crippen LogP contribution in [0.5, 0.6) is 5.75 Å². The number of hydrogen-bond acceptors (Lipinski definition) is 5. The molecule has 0 bridgehead atoms. The van der Waals surface area contributed by atoms with Crippen LogP contribution in [0, 0.1) is 0 Å². The van der Waals surface area contributed by atoms with E-state index < -0.39 is 28.5 Å². The zero-order chi connectivity index (χ0) is 24.8. The Labute approximate surface area is 204 Å². The number of likely N-dealkylation sites (N-methyl/N-ethyl adjacent to an activating group) is 1. The summed E-state index contributed by atoms with van der Waals surface area (Å²) in [6.07, 6.45) is 1.01. The fourth-order valence-electron chi connectivity index (χ4n) is 3.12. The third-order valence-corrected chi connectivity index (χ3v) is 6.76. The Balaban J connectivity index is 2.41. The van der Waals surface area contributed by atoms with Gasteiger partial charge in [-0.1, -0.05) is 35.3 Å². The van der Waals surface area contributed by atoms with Crippen molar-refractivity contribution in [3.8, 4) is 5.75 Å². The fourth-order valence-corrected chi connectivity index (χ4v) is 4.28. The van der Waals surface area contributed by atoms with Gasteiger partial charge in [-0.3, -0.25) is 13.9 Å². The highest BCUT2D eigenvalue weighted by Crippen LogP contribution is 2.25. The van der Waals surface area contributed by atoms with E-state index in [1.807, 2.05) is 0 Å². The second-order valence-corrected chi connectivity index (χ2v) is 10.0. The predicted molar refractivity (Wildman–Crippen MR) is 130 cm³/mol. The lowest BCUT2D eigenvalue weighted by atomic mass is 10.1. The van der Waals surface area contributed by atoms with Gasteiger partial charge in [0.15, 0.2) is 0 Å². The minimum Gasteiger partial charge on any atom is -0.497 e. The Morgan fingerprint density at radius 1 is 1.12 bits per heavy atom. The maximum atomic E-state index is 13.4. The Morgan fingerprint density at radius 2 is 1.82 bits per heavy atom. The van der Waals surface area contributed by atoms with Gasteiger partial charge in [-0.15, -0.1) is 0 Å². The molecule has 2 rings (SSSR count). The quantitative estimate of drug-likeness (QED) is 0.523. The van der Waals surface area contributed by atoms with E-state index >= 15 is 0 Å². The summed E-state index contributed by atoms with van der Waals surface area (Å²) in [6, 6.07) is 10.4. The van der Waals surface area contributed by atoms with Gasteiger partial charge < -0.3 is 15.0 Å². The van der Waals surface area contributed by atoms with E-state index in [2.05, 4.69) is 5.32 Å². The zero-order valence-corrected chi connectivity index (χ0v) is 21.2. The molecule has 33 heavy (non-hydrogen) atoms. The van der Waals surface area contributed by atoms with E-state index in [1.165, 1.54) is 18.1 Å². The second-order valence-electron chi connectivity index (χ2n) is 7.31. The minimum atomic E-state index is -3.82. The van der Waals surface area contributed by atoms with E-state index in [4.69, 9.17) is 27.9 Å². The van der Waals surface area contributed by atoms with Crippen molar-refractivity contribution in [2.45, 2.75) is 26.4 Å². The average molecular weight is 516 g/mol. The van der Waals surface area contributed by atoms with Crippen molar-refractivity contribution in [2.24, 2.45) is 0 Å². The van der Waals surface area contributed by atoms with Gasteiger partial charge in [0.05, 0.1) is 29.1 Å². The maximum Gasteiger partial charge on any atom is 0.244 e. The molecule has 0 heterocycles.